The first-order valence-electron chi connectivity index (χ1n) is 9.12. The number of hydrogen-bond donors (Lipinski definition) is 0. The minimum Gasteiger partial charge on any atom is -0.316 e. The van der Waals surface area contributed by atoms with Gasteiger partial charge in [-0.05, 0) is 54.6 Å². The molecule has 0 saturated carbocycles. The Morgan fingerprint density at radius 3 is 2.69 bits per heavy atom. The van der Waals surface area contributed by atoms with Crippen LogP contribution in [0.2, 0.25) is 5.02 Å². The standard InChI is InChI=1S/C23H16ClN5/c1-14-6-22-18(8-21(14)25-3)20(19-11-26-9-15(2)23(19)24)12-29(22)16-4-5-28-13-27-10-17(28)7-16/h4-13H,1-2H3. The second-order valence-corrected chi connectivity index (χ2v) is 7.49. The molecule has 0 atom stereocenters. The molecule has 0 bridgehead atoms. The van der Waals surface area contributed by atoms with Gasteiger partial charge in [-0.1, -0.05) is 11.6 Å². The van der Waals surface area contributed by atoms with Crippen LogP contribution >= 0.6 is 11.6 Å². The molecule has 4 aromatic heterocycles. The zero-order valence-electron chi connectivity index (χ0n) is 15.9. The van der Waals surface area contributed by atoms with Gasteiger partial charge in [0, 0.05) is 41.6 Å². The number of benzene rings is 1. The molecule has 5 nitrogen and oxygen atoms in total. The molecule has 6 heteroatoms. The van der Waals surface area contributed by atoms with Crippen molar-refractivity contribution in [2.75, 3.05) is 0 Å². The van der Waals surface area contributed by atoms with Crippen LogP contribution in [0.15, 0.2) is 61.6 Å². The maximum absolute atomic E-state index is 7.52. The molecule has 5 rings (SSSR count). The number of hydrogen-bond acceptors (Lipinski definition) is 2. The van der Waals surface area contributed by atoms with E-state index in [1.165, 1.54) is 0 Å². The van der Waals surface area contributed by atoms with Gasteiger partial charge in [0.25, 0.3) is 0 Å². The van der Waals surface area contributed by atoms with Crippen molar-refractivity contribution in [1.29, 1.82) is 0 Å². The van der Waals surface area contributed by atoms with Crippen LogP contribution in [0, 0.1) is 20.4 Å². The molecule has 140 valence electrons. The fourth-order valence-electron chi connectivity index (χ4n) is 3.71. The predicted octanol–water partition coefficient (Wildman–Crippen LogP) is 6.16. The Morgan fingerprint density at radius 2 is 1.86 bits per heavy atom. The van der Waals surface area contributed by atoms with Crippen LogP contribution in [0.25, 0.3) is 38.1 Å². The first-order chi connectivity index (χ1) is 14.1. The number of imidazole rings is 1. The maximum Gasteiger partial charge on any atom is 0.190 e. The monoisotopic (exact) mass is 397 g/mol. The molecule has 0 aliphatic carbocycles. The maximum atomic E-state index is 7.52. The molecule has 0 amide bonds. The molecular weight excluding hydrogens is 382 g/mol. The van der Waals surface area contributed by atoms with Crippen LogP contribution in [-0.2, 0) is 0 Å². The average molecular weight is 398 g/mol. The van der Waals surface area contributed by atoms with Crippen molar-refractivity contribution in [2.24, 2.45) is 0 Å². The molecule has 0 saturated heterocycles. The normalized spacial score (nSPS) is 11.2. The molecule has 0 unspecified atom stereocenters. The molecule has 0 radical (unpaired) electrons. The Balaban J connectivity index is 1.86. The van der Waals surface area contributed by atoms with E-state index >= 15 is 0 Å². The van der Waals surface area contributed by atoms with Crippen LogP contribution in [-0.4, -0.2) is 18.9 Å². The summed E-state index contributed by atoms with van der Waals surface area (Å²) in [4.78, 5) is 12.2. The second kappa shape index (κ2) is 6.47. The number of halogens is 1. The van der Waals surface area contributed by atoms with E-state index in [9.17, 15) is 0 Å². The second-order valence-electron chi connectivity index (χ2n) is 7.11. The zero-order valence-corrected chi connectivity index (χ0v) is 16.6. The molecular formula is C23H16ClN5. The summed E-state index contributed by atoms with van der Waals surface area (Å²) in [7, 11) is 0. The molecule has 0 N–H and O–H groups in total. The zero-order chi connectivity index (χ0) is 20.1. The third kappa shape index (κ3) is 2.69. The fraction of sp³-hybridized carbons (Fsp3) is 0.0870. The van der Waals surface area contributed by atoms with Crippen molar-refractivity contribution in [3.63, 3.8) is 0 Å². The third-order valence-electron chi connectivity index (χ3n) is 5.26. The highest BCUT2D eigenvalue weighted by Gasteiger charge is 2.17. The van der Waals surface area contributed by atoms with Gasteiger partial charge >= 0.3 is 0 Å². The summed E-state index contributed by atoms with van der Waals surface area (Å²) in [6.07, 6.45) is 11.2. The summed E-state index contributed by atoms with van der Waals surface area (Å²) < 4.78 is 4.11. The van der Waals surface area contributed by atoms with E-state index in [1.807, 2.05) is 42.8 Å². The highest BCUT2D eigenvalue weighted by molar-refractivity contribution is 6.34. The average Bonchev–Trinajstić information content (AvgIpc) is 3.33. The van der Waals surface area contributed by atoms with Crippen molar-refractivity contribution in [1.82, 2.24) is 18.9 Å². The molecule has 29 heavy (non-hydrogen) atoms. The quantitative estimate of drug-likeness (QED) is 0.334. The van der Waals surface area contributed by atoms with E-state index in [0.717, 1.165) is 44.4 Å². The minimum atomic E-state index is 0.638. The van der Waals surface area contributed by atoms with E-state index in [0.29, 0.717) is 10.7 Å². The van der Waals surface area contributed by atoms with E-state index in [2.05, 4.69) is 37.7 Å². The summed E-state index contributed by atoms with van der Waals surface area (Å²) in [5.41, 5.74) is 7.36. The van der Waals surface area contributed by atoms with Gasteiger partial charge in [0.15, 0.2) is 5.69 Å². The minimum absolute atomic E-state index is 0.638. The third-order valence-corrected chi connectivity index (χ3v) is 5.76. The Bertz CT molecular complexity index is 1450. The highest BCUT2D eigenvalue weighted by Crippen LogP contribution is 2.39. The number of nitrogens with zero attached hydrogens (tertiary/aromatic N) is 5. The largest absolute Gasteiger partial charge is 0.316 e. The van der Waals surface area contributed by atoms with E-state index < -0.39 is 0 Å². The number of aromatic nitrogens is 4. The first kappa shape index (κ1) is 17.5. The van der Waals surface area contributed by atoms with Crippen LogP contribution in [0.5, 0.6) is 0 Å². The van der Waals surface area contributed by atoms with Gasteiger partial charge in [-0.15, -0.1) is 0 Å². The highest BCUT2D eigenvalue weighted by atomic mass is 35.5. The van der Waals surface area contributed by atoms with Gasteiger partial charge in [0.2, 0.25) is 0 Å². The van der Waals surface area contributed by atoms with Gasteiger partial charge in [0.05, 0.1) is 35.2 Å². The topological polar surface area (TPSA) is 39.5 Å². The summed E-state index contributed by atoms with van der Waals surface area (Å²) in [6.45, 7) is 11.4. The van der Waals surface area contributed by atoms with Crippen LogP contribution in [0.3, 0.4) is 0 Å². The lowest BCUT2D eigenvalue weighted by molar-refractivity contribution is 1.09. The Morgan fingerprint density at radius 1 is 1.00 bits per heavy atom. The number of aryl methyl sites for hydroxylation is 2. The molecule has 5 aromatic rings. The molecule has 1 aromatic carbocycles. The molecule has 0 aliphatic heterocycles. The molecule has 0 aliphatic rings. The lowest BCUT2D eigenvalue weighted by atomic mass is 10.0. The Hall–Kier alpha value is -3.62. The lowest BCUT2D eigenvalue weighted by Gasteiger charge is -2.07. The fourth-order valence-corrected chi connectivity index (χ4v) is 3.91. The van der Waals surface area contributed by atoms with Gasteiger partial charge in [-0.25, -0.2) is 9.83 Å². The van der Waals surface area contributed by atoms with Gasteiger partial charge in [-0.2, -0.15) is 0 Å². The SMILES string of the molecule is [C-]#[N+]c1cc2c(-c3cncc(C)c3Cl)cn(-c3ccn4cncc4c3)c2cc1C. The summed E-state index contributed by atoms with van der Waals surface area (Å²) >= 11 is 6.63. The van der Waals surface area contributed by atoms with E-state index in [-0.39, 0.29) is 0 Å². The van der Waals surface area contributed by atoms with Crippen LogP contribution < -0.4 is 0 Å². The van der Waals surface area contributed by atoms with Crippen molar-refractivity contribution >= 4 is 33.7 Å². The lowest BCUT2D eigenvalue weighted by Crippen LogP contribution is -1.94. The van der Waals surface area contributed by atoms with E-state index in [1.54, 1.807) is 18.7 Å². The predicted molar refractivity (Wildman–Crippen MR) is 116 cm³/mol. The summed E-state index contributed by atoms with van der Waals surface area (Å²) in [5, 5.41) is 1.65. The number of pyridine rings is 2. The first-order valence-corrected chi connectivity index (χ1v) is 9.50. The van der Waals surface area contributed by atoms with E-state index in [4.69, 9.17) is 18.2 Å². The van der Waals surface area contributed by atoms with Gasteiger partial charge in [-0.3, -0.25) is 4.98 Å². The van der Waals surface area contributed by atoms with Crippen molar-refractivity contribution in [2.45, 2.75) is 13.8 Å². The summed E-state index contributed by atoms with van der Waals surface area (Å²) in [6, 6.07) is 8.14. The molecule has 4 heterocycles. The number of rotatable bonds is 2. The Kier molecular flexibility index (Phi) is 3.90. The van der Waals surface area contributed by atoms with Crippen molar-refractivity contribution in [3.05, 3.63) is 89.1 Å². The van der Waals surface area contributed by atoms with Crippen LogP contribution in [0.1, 0.15) is 11.1 Å². The molecule has 0 spiro atoms. The van der Waals surface area contributed by atoms with Gasteiger partial charge < -0.3 is 8.97 Å². The van der Waals surface area contributed by atoms with Crippen molar-refractivity contribution in [3.8, 4) is 16.8 Å². The smallest absolute Gasteiger partial charge is 0.190 e. The Labute approximate surface area is 172 Å². The number of fused-ring (bicyclic) bond motifs is 2. The van der Waals surface area contributed by atoms with Crippen LogP contribution in [0.4, 0.5) is 5.69 Å². The molecule has 0 fully saturated rings. The summed E-state index contributed by atoms with van der Waals surface area (Å²) in [5.74, 6) is 0. The van der Waals surface area contributed by atoms with Gasteiger partial charge in [0.1, 0.15) is 0 Å². The van der Waals surface area contributed by atoms with Crippen molar-refractivity contribution < 1.29 is 0 Å².